The fourth-order valence-electron chi connectivity index (χ4n) is 2.12. The van der Waals surface area contributed by atoms with E-state index in [2.05, 4.69) is 29.1 Å². The van der Waals surface area contributed by atoms with Gasteiger partial charge >= 0.3 is 0 Å². The zero-order valence-corrected chi connectivity index (χ0v) is 11.4. The van der Waals surface area contributed by atoms with Gasteiger partial charge in [-0.15, -0.1) is 6.58 Å². The van der Waals surface area contributed by atoms with Crippen molar-refractivity contribution in [2.75, 3.05) is 13.2 Å². The monoisotopic (exact) mass is 259 g/mol. The van der Waals surface area contributed by atoms with Crippen LogP contribution in [0.3, 0.4) is 0 Å². The van der Waals surface area contributed by atoms with Crippen molar-refractivity contribution in [3.63, 3.8) is 0 Å². The van der Waals surface area contributed by atoms with Crippen molar-refractivity contribution in [1.82, 2.24) is 9.55 Å². The summed E-state index contributed by atoms with van der Waals surface area (Å²) in [7, 11) is 0. The highest BCUT2D eigenvalue weighted by Crippen LogP contribution is 2.22. The molecule has 2 rings (SSSR count). The third-order valence-corrected chi connectivity index (χ3v) is 2.95. The number of imidazole rings is 1. The van der Waals surface area contributed by atoms with E-state index in [4.69, 9.17) is 10.5 Å². The highest BCUT2D eigenvalue weighted by Gasteiger charge is 2.10. The molecule has 4 nitrogen and oxygen atoms in total. The van der Waals surface area contributed by atoms with Gasteiger partial charge in [0.1, 0.15) is 11.6 Å². The molecule has 0 aliphatic rings. The SMILES string of the molecule is C=CCn1c(CCN)nc2cc(OCCC)ccc21. The molecule has 0 unspecified atom stereocenters. The average molecular weight is 259 g/mol. The molecule has 1 aromatic heterocycles. The molecule has 0 spiro atoms. The molecule has 0 bridgehead atoms. The molecule has 0 aliphatic carbocycles. The summed E-state index contributed by atoms with van der Waals surface area (Å²) in [4.78, 5) is 4.64. The van der Waals surface area contributed by atoms with Crippen LogP contribution < -0.4 is 10.5 Å². The molecule has 0 fully saturated rings. The minimum Gasteiger partial charge on any atom is -0.494 e. The van der Waals surface area contributed by atoms with Gasteiger partial charge in [-0.25, -0.2) is 4.98 Å². The molecular formula is C15H21N3O. The van der Waals surface area contributed by atoms with E-state index in [0.29, 0.717) is 6.54 Å². The van der Waals surface area contributed by atoms with Crippen molar-refractivity contribution in [2.24, 2.45) is 5.73 Å². The summed E-state index contributed by atoms with van der Waals surface area (Å²) < 4.78 is 7.79. The smallest absolute Gasteiger partial charge is 0.121 e. The summed E-state index contributed by atoms with van der Waals surface area (Å²) in [6, 6.07) is 6.03. The predicted molar refractivity (Wildman–Crippen MR) is 78.5 cm³/mol. The van der Waals surface area contributed by atoms with Crippen LogP contribution in [-0.4, -0.2) is 22.7 Å². The lowest BCUT2D eigenvalue weighted by Gasteiger charge is -2.06. The van der Waals surface area contributed by atoms with Crippen LogP contribution in [0.25, 0.3) is 11.0 Å². The zero-order valence-electron chi connectivity index (χ0n) is 11.4. The Kier molecular flexibility index (Phi) is 4.58. The van der Waals surface area contributed by atoms with Crippen LogP contribution in [0.15, 0.2) is 30.9 Å². The number of hydrogen-bond acceptors (Lipinski definition) is 3. The predicted octanol–water partition coefficient (Wildman–Crippen LogP) is 2.51. The fraction of sp³-hybridized carbons (Fsp3) is 0.400. The molecular weight excluding hydrogens is 238 g/mol. The number of ether oxygens (including phenoxy) is 1. The Morgan fingerprint density at radius 2 is 2.32 bits per heavy atom. The molecule has 0 radical (unpaired) electrons. The molecule has 19 heavy (non-hydrogen) atoms. The van der Waals surface area contributed by atoms with Crippen LogP contribution in [0.2, 0.25) is 0 Å². The summed E-state index contributed by atoms with van der Waals surface area (Å²) in [5.41, 5.74) is 7.70. The van der Waals surface area contributed by atoms with Gasteiger partial charge in [-0.1, -0.05) is 13.0 Å². The van der Waals surface area contributed by atoms with Crippen LogP contribution in [0.1, 0.15) is 19.2 Å². The lowest BCUT2D eigenvalue weighted by atomic mass is 10.3. The molecule has 2 aromatic rings. The van der Waals surface area contributed by atoms with Crippen molar-refractivity contribution in [1.29, 1.82) is 0 Å². The minimum absolute atomic E-state index is 0.597. The van der Waals surface area contributed by atoms with E-state index < -0.39 is 0 Å². The summed E-state index contributed by atoms with van der Waals surface area (Å²) in [5, 5.41) is 0. The normalized spacial score (nSPS) is 10.8. The van der Waals surface area contributed by atoms with Gasteiger partial charge in [-0.2, -0.15) is 0 Å². The van der Waals surface area contributed by atoms with Crippen molar-refractivity contribution in [2.45, 2.75) is 26.3 Å². The number of allylic oxidation sites excluding steroid dienone is 1. The summed E-state index contributed by atoms with van der Waals surface area (Å²) in [6.07, 6.45) is 3.65. The van der Waals surface area contributed by atoms with Crippen LogP contribution in [-0.2, 0) is 13.0 Å². The van der Waals surface area contributed by atoms with E-state index in [-0.39, 0.29) is 0 Å². The second-order valence-electron chi connectivity index (χ2n) is 4.46. The van der Waals surface area contributed by atoms with Crippen LogP contribution in [0.4, 0.5) is 0 Å². The first-order valence-corrected chi connectivity index (χ1v) is 6.73. The number of nitrogens with zero attached hydrogens (tertiary/aromatic N) is 2. The zero-order chi connectivity index (χ0) is 13.7. The molecule has 0 saturated carbocycles. The van der Waals surface area contributed by atoms with Crippen molar-refractivity contribution in [3.8, 4) is 5.75 Å². The van der Waals surface area contributed by atoms with E-state index in [1.807, 2.05) is 18.2 Å². The van der Waals surface area contributed by atoms with E-state index in [0.717, 1.165) is 48.6 Å². The quantitative estimate of drug-likeness (QED) is 0.777. The number of rotatable bonds is 7. The first-order valence-electron chi connectivity index (χ1n) is 6.73. The van der Waals surface area contributed by atoms with Gasteiger partial charge in [0.15, 0.2) is 0 Å². The van der Waals surface area contributed by atoms with Crippen molar-refractivity contribution in [3.05, 3.63) is 36.7 Å². The molecule has 0 saturated heterocycles. The van der Waals surface area contributed by atoms with Gasteiger partial charge in [0, 0.05) is 19.0 Å². The molecule has 0 amide bonds. The lowest BCUT2D eigenvalue weighted by molar-refractivity contribution is 0.318. The Hall–Kier alpha value is -1.81. The Morgan fingerprint density at radius 1 is 1.47 bits per heavy atom. The van der Waals surface area contributed by atoms with Gasteiger partial charge < -0.3 is 15.0 Å². The van der Waals surface area contributed by atoms with Crippen LogP contribution in [0, 0.1) is 0 Å². The van der Waals surface area contributed by atoms with Crippen molar-refractivity contribution < 1.29 is 4.74 Å². The molecule has 1 heterocycles. The van der Waals surface area contributed by atoms with E-state index in [1.165, 1.54) is 0 Å². The summed E-state index contributed by atoms with van der Waals surface area (Å²) in [5.74, 6) is 1.88. The maximum atomic E-state index is 5.64. The van der Waals surface area contributed by atoms with Crippen LogP contribution >= 0.6 is 0 Å². The van der Waals surface area contributed by atoms with Gasteiger partial charge in [-0.3, -0.25) is 0 Å². The molecule has 4 heteroatoms. The van der Waals surface area contributed by atoms with Crippen molar-refractivity contribution >= 4 is 11.0 Å². The number of fused-ring (bicyclic) bond motifs is 1. The van der Waals surface area contributed by atoms with Gasteiger partial charge in [0.05, 0.1) is 17.6 Å². The van der Waals surface area contributed by atoms with Gasteiger partial charge in [0.2, 0.25) is 0 Å². The topological polar surface area (TPSA) is 53.1 Å². The number of nitrogens with two attached hydrogens (primary N) is 1. The first kappa shape index (κ1) is 13.6. The van der Waals surface area contributed by atoms with E-state index >= 15 is 0 Å². The van der Waals surface area contributed by atoms with Gasteiger partial charge in [-0.05, 0) is 25.1 Å². The summed E-state index contributed by atoms with van der Waals surface area (Å²) >= 11 is 0. The second-order valence-corrected chi connectivity index (χ2v) is 4.46. The molecule has 0 atom stereocenters. The Morgan fingerprint density at radius 3 is 3.00 bits per heavy atom. The Labute approximate surface area is 113 Å². The largest absolute Gasteiger partial charge is 0.494 e. The molecule has 102 valence electrons. The van der Waals surface area contributed by atoms with E-state index in [1.54, 1.807) is 0 Å². The number of aromatic nitrogens is 2. The second kappa shape index (κ2) is 6.38. The molecule has 0 aliphatic heterocycles. The third-order valence-electron chi connectivity index (χ3n) is 2.95. The lowest BCUT2D eigenvalue weighted by Crippen LogP contribution is -2.09. The summed E-state index contributed by atoms with van der Waals surface area (Å²) in [6.45, 7) is 7.97. The Balaban J connectivity index is 2.40. The average Bonchev–Trinajstić information content (AvgIpc) is 2.75. The highest BCUT2D eigenvalue weighted by atomic mass is 16.5. The Bertz CT molecular complexity index is 560. The minimum atomic E-state index is 0.597. The standard InChI is InChI=1S/C15H21N3O/c1-3-9-18-14-6-5-12(19-10-4-2)11-13(14)17-15(18)7-8-16/h3,5-6,11H,1,4,7-10,16H2,2H3. The number of hydrogen-bond donors (Lipinski definition) is 1. The molecule has 1 aromatic carbocycles. The maximum absolute atomic E-state index is 5.64. The van der Waals surface area contributed by atoms with E-state index in [9.17, 15) is 0 Å². The molecule has 2 N–H and O–H groups in total. The third kappa shape index (κ3) is 2.96. The fourth-order valence-corrected chi connectivity index (χ4v) is 2.12. The van der Waals surface area contributed by atoms with Crippen LogP contribution in [0.5, 0.6) is 5.75 Å². The number of benzene rings is 1. The van der Waals surface area contributed by atoms with Gasteiger partial charge in [0.25, 0.3) is 0 Å². The maximum Gasteiger partial charge on any atom is 0.121 e. The first-order chi connectivity index (χ1) is 9.30. The highest BCUT2D eigenvalue weighted by molar-refractivity contribution is 5.78.